The van der Waals surface area contributed by atoms with Crippen molar-refractivity contribution in [1.82, 2.24) is 5.32 Å². The molecule has 0 saturated heterocycles. The maximum Gasteiger partial charge on any atom is 0.407 e. The van der Waals surface area contributed by atoms with Gasteiger partial charge in [0.15, 0.2) is 0 Å². The minimum atomic E-state index is -0.742. The molecule has 0 fully saturated rings. The molecule has 0 aliphatic heterocycles. The van der Waals surface area contributed by atoms with Crippen LogP contribution in [0.1, 0.15) is 17.5 Å². The maximum absolute atomic E-state index is 13.4. The highest BCUT2D eigenvalue weighted by molar-refractivity contribution is 5.73. The van der Waals surface area contributed by atoms with Crippen molar-refractivity contribution in [3.05, 3.63) is 75.6 Å². The van der Waals surface area contributed by atoms with E-state index in [4.69, 9.17) is 10.5 Å². The molecule has 0 saturated carbocycles. The Bertz CT molecular complexity index is 810. The van der Waals surface area contributed by atoms with Crippen molar-refractivity contribution in [2.75, 3.05) is 12.3 Å². The lowest BCUT2D eigenvalue weighted by Gasteiger charge is -2.06. The van der Waals surface area contributed by atoms with Crippen LogP contribution in [0.15, 0.2) is 48.5 Å². The minimum absolute atomic E-state index is 0.108. The quantitative estimate of drug-likeness (QED) is 0.340. The number of hydrogen-bond acceptors (Lipinski definition) is 5. The molecule has 2 aromatic rings. The van der Waals surface area contributed by atoms with Crippen LogP contribution in [0.25, 0.3) is 6.08 Å². The maximum atomic E-state index is 13.4. The van der Waals surface area contributed by atoms with E-state index in [1.807, 2.05) is 30.3 Å². The number of anilines is 1. The second kappa shape index (κ2) is 9.16. The lowest BCUT2D eigenvalue weighted by molar-refractivity contribution is -0.384. The number of alkyl carbamates (subject to hydrolysis) is 1. The number of halogens is 1. The molecule has 136 valence electrons. The van der Waals surface area contributed by atoms with E-state index < -0.39 is 22.5 Å². The number of nitro benzene ring substituents is 1. The number of amides is 1. The highest BCUT2D eigenvalue weighted by Gasteiger charge is 2.15. The third-order valence-corrected chi connectivity index (χ3v) is 3.44. The highest BCUT2D eigenvalue weighted by Crippen LogP contribution is 2.27. The zero-order valence-electron chi connectivity index (χ0n) is 13.9. The van der Waals surface area contributed by atoms with Crippen molar-refractivity contribution < 1.29 is 18.8 Å². The molecule has 8 heteroatoms. The summed E-state index contributed by atoms with van der Waals surface area (Å²) in [5.41, 5.74) is 6.17. The van der Waals surface area contributed by atoms with Crippen LogP contribution in [-0.2, 0) is 11.3 Å². The number of carbonyl (C=O) groups excluding carboxylic acids is 1. The molecule has 7 nitrogen and oxygen atoms in total. The lowest BCUT2D eigenvalue weighted by atomic mass is 10.1. The summed E-state index contributed by atoms with van der Waals surface area (Å²) >= 11 is 0. The number of nitro groups is 1. The monoisotopic (exact) mass is 359 g/mol. The number of nitrogen functional groups attached to an aromatic ring is 1. The van der Waals surface area contributed by atoms with Crippen LogP contribution >= 0.6 is 0 Å². The smallest absolute Gasteiger partial charge is 0.407 e. The van der Waals surface area contributed by atoms with Gasteiger partial charge in [0.05, 0.1) is 11.0 Å². The Morgan fingerprint density at radius 1 is 1.31 bits per heavy atom. The molecule has 0 radical (unpaired) electrons. The molecule has 0 bridgehead atoms. The third kappa shape index (κ3) is 5.59. The van der Waals surface area contributed by atoms with Gasteiger partial charge in [-0.15, -0.1) is 0 Å². The lowest BCUT2D eigenvalue weighted by Crippen LogP contribution is -2.24. The number of nitrogens with one attached hydrogen (secondary N) is 1. The summed E-state index contributed by atoms with van der Waals surface area (Å²) in [7, 11) is 0. The molecule has 0 unspecified atom stereocenters. The Morgan fingerprint density at radius 2 is 2.04 bits per heavy atom. The van der Waals surface area contributed by atoms with E-state index in [0.717, 1.165) is 17.7 Å². The first-order valence-corrected chi connectivity index (χ1v) is 7.82. The molecule has 0 atom stereocenters. The fourth-order valence-corrected chi connectivity index (χ4v) is 2.16. The molecule has 0 heterocycles. The Labute approximate surface area is 149 Å². The van der Waals surface area contributed by atoms with Gasteiger partial charge in [-0.05, 0) is 18.1 Å². The topological polar surface area (TPSA) is 107 Å². The number of nitrogens with zero attached hydrogens (tertiary/aromatic N) is 1. The summed E-state index contributed by atoms with van der Waals surface area (Å²) in [6.45, 7) is 0.466. The van der Waals surface area contributed by atoms with E-state index >= 15 is 0 Å². The second-order valence-electron chi connectivity index (χ2n) is 5.36. The van der Waals surface area contributed by atoms with Crippen molar-refractivity contribution in [3.8, 4) is 0 Å². The van der Waals surface area contributed by atoms with E-state index in [0.29, 0.717) is 13.0 Å². The normalized spacial score (nSPS) is 10.7. The zero-order valence-corrected chi connectivity index (χ0v) is 13.9. The Balaban J connectivity index is 1.79. The van der Waals surface area contributed by atoms with Gasteiger partial charge in [-0.1, -0.05) is 42.5 Å². The molecule has 2 rings (SSSR count). The predicted octanol–water partition coefficient (Wildman–Crippen LogP) is 3.65. The van der Waals surface area contributed by atoms with Gasteiger partial charge in [0.25, 0.3) is 5.69 Å². The summed E-state index contributed by atoms with van der Waals surface area (Å²) < 4.78 is 18.5. The van der Waals surface area contributed by atoms with E-state index in [1.54, 1.807) is 6.08 Å². The van der Waals surface area contributed by atoms with E-state index in [2.05, 4.69) is 5.32 Å². The number of benzene rings is 2. The van der Waals surface area contributed by atoms with Crippen molar-refractivity contribution in [1.29, 1.82) is 0 Å². The van der Waals surface area contributed by atoms with Gasteiger partial charge in [-0.25, -0.2) is 9.18 Å². The number of ether oxygens (including phenoxy) is 1. The number of hydrogen-bond donors (Lipinski definition) is 2. The summed E-state index contributed by atoms with van der Waals surface area (Å²) in [4.78, 5) is 21.6. The van der Waals surface area contributed by atoms with Crippen molar-refractivity contribution in [2.45, 2.75) is 13.0 Å². The van der Waals surface area contributed by atoms with Gasteiger partial charge < -0.3 is 15.8 Å². The molecule has 0 aliphatic carbocycles. The van der Waals surface area contributed by atoms with Crippen molar-refractivity contribution >= 4 is 23.5 Å². The second-order valence-corrected chi connectivity index (χ2v) is 5.36. The molecule has 0 spiro atoms. The van der Waals surface area contributed by atoms with Crippen LogP contribution < -0.4 is 11.1 Å². The number of carbonyl (C=O) groups is 1. The first-order chi connectivity index (χ1) is 12.5. The molecule has 3 N–H and O–H groups in total. The molecule has 2 aromatic carbocycles. The van der Waals surface area contributed by atoms with Gasteiger partial charge in [0.1, 0.15) is 18.1 Å². The zero-order chi connectivity index (χ0) is 18.9. The predicted molar refractivity (Wildman–Crippen MR) is 95.7 cm³/mol. The standard InChI is InChI=1S/C18H18FN3O4/c19-15-10-14(17(20)16(11-15)22(24)25)8-4-5-9-21-18(23)26-12-13-6-2-1-3-7-13/h1-4,6-8,10-11H,5,9,12,20H2,(H,21,23). The molecule has 1 amide bonds. The Morgan fingerprint density at radius 3 is 2.73 bits per heavy atom. The van der Waals surface area contributed by atoms with Gasteiger partial charge in [0, 0.05) is 12.1 Å². The molecular formula is C18H18FN3O4. The SMILES string of the molecule is Nc1c(C=CCCNC(=O)OCc2ccccc2)cc(F)cc1[N+](=O)[O-]. The van der Waals surface area contributed by atoms with Crippen LogP contribution in [0.4, 0.5) is 20.6 Å². The molecule has 26 heavy (non-hydrogen) atoms. The van der Waals surface area contributed by atoms with Crippen LogP contribution in [0.2, 0.25) is 0 Å². The van der Waals surface area contributed by atoms with Crippen LogP contribution in [0.5, 0.6) is 0 Å². The summed E-state index contributed by atoms with van der Waals surface area (Å²) in [6.07, 6.45) is 2.97. The number of rotatable bonds is 7. The van der Waals surface area contributed by atoms with E-state index in [1.165, 1.54) is 6.08 Å². The van der Waals surface area contributed by atoms with Crippen molar-refractivity contribution in [2.24, 2.45) is 0 Å². The summed E-state index contributed by atoms with van der Waals surface area (Å²) in [6, 6.07) is 11.2. The largest absolute Gasteiger partial charge is 0.445 e. The average Bonchev–Trinajstić information content (AvgIpc) is 2.62. The average molecular weight is 359 g/mol. The van der Waals surface area contributed by atoms with E-state index in [-0.39, 0.29) is 17.9 Å². The first-order valence-electron chi connectivity index (χ1n) is 7.82. The first kappa shape index (κ1) is 18.9. The molecular weight excluding hydrogens is 341 g/mol. The fourth-order valence-electron chi connectivity index (χ4n) is 2.16. The van der Waals surface area contributed by atoms with Crippen LogP contribution in [-0.4, -0.2) is 17.6 Å². The Hall–Kier alpha value is -3.42. The van der Waals surface area contributed by atoms with Crippen LogP contribution in [0, 0.1) is 15.9 Å². The fraction of sp³-hybridized carbons (Fsp3) is 0.167. The van der Waals surface area contributed by atoms with E-state index in [9.17, 15) is 19.3 Å². The summed E-state index contributed by atoms with van der Waals surface area (Å²) in [5, 5.41) is 13.4. The van der Waals surface area contributed by atoms with Crippen molar-refractivity contribution in [3.63, 3.8) is 0 Å². The third-order valence-electron chi connectivity index (χ3n) is 3.44. The van der Waals surface area contributed by atoms with Gasteiger partial charge >= 0.3 is 6.09 Å². The number of nitrogens with two attached hydrogens (primary N) is 1. The van der Waals surface area contributed by atoms with Gasteiger partial charge in [-0.2, -0.15) is 0 Å². The minimum Gasteiger partial charge on any atom is -0.445 e. The highest BCUT2D eigenvalue weighted by atomic mass is 19.1. The Kier molecular flexibility index (Phi) is 6.67. The molecule has 0 aromatic heterocycles. The summed E-state index contributed by atoms with van der Waals surface area (Å²) in [5.74, 6) is -0.742. The molecule has 0 aliphatic rings. The van der Waals surface area contributed by atoms with Gasteiger partial charge in [0.2, 0.25) is 0 Å². The van der Waals surface area contributed by atoms with Gasteiger partial charge in [-0.3, -0.25) is 10.1 Å². The van der Waals surface area contributed by atoms with Crippen LogP contribution in [0.3, 0.4) is 0 Å².